The summed E-state index contributed by atoms with van der Waals surface area (Å²) in [6, 6.07) is 7.62. The van der Waals surface area contributed by atoms with E-state index in [9.17, 15) is 35.5 Å². The molecule has 1 fully saturated rings. The molecule has 2 N–H and O–H groups in total. The van der Waals surface area contributed by atoms with Gasteiger partial charge in [-0.2, -0.15) is 26.3 Å². The summed E-state index contributed by atoms with van der Waals surface area (Å²) in [5.41, 5.74) is -0.685. The number of rotatable bonds is 3. The van der Waals surface area contributed by atoms with Crippen molar-refractivity contribution in [2.75, 3.05) is 5.32 Å². The van der Waals surface area contributed by atoms with Crippen molar-refractivity contribution in [2.45, 2.75) is 37.7 Å². The highest BCUT2D eigenvalue weighted by atomic mass is 19.4. The third kappa shape index (κ3) is 6.21. The van der Waals surface area contributed by atoms with E-state index in [0.29, 0.717) is 0 Å². The fraction of sp³-hybridized carbons (Fsp3) is 0.333. The largest absolute Gasteiger partial charge is 0.416 e. The van der Waals surface area contributed by atoms with Crippen molar-refractivity contribution in [3.63, 3.8) is 0 Å². The Morgan fingerprint density at radius 3 is 2.06 bits per heavy atom. The van der Waals surface area contributed by atoms with Gasteiger partial charge in [0.1, 0.15) is 5.82 Å². The van der Waals surface area contributed by atoms with Crippen molar-refractivity contribution in [1.29, 1.82) is 0 Å². The van der Waals surface area contributed by atoms with Gasteiger partial charge in [-0.05, 0) is 67.8 Å². The molecule has 0 bridgehead atoms. The molecule has 2 unspecified atom stereocenters. The topological polar surface area (TPSA) is 53.5 Å². The Bertz CT molecular complexity index is 967. The lowest BCUT2D eigenvalue weighted by molar-refractivity contribution is -0.172. The zero-order chi connectivity index (χ0) is 23.5. The first-order chi connectivity index (χ1) is 14.9. The SMILES string of the molecule is O=C(NC(=NC1CCC(C(F)(F)F)C1)Nc1ccc(C(F)(F)F)cc1)c1ccc(F)cc1. The number of carbonyl (C=O) groups excluding carboxylic acids is 1. The lowest BCUT2D eigenvalue weighted by Crippen LogP contribution is -2.37. The van der Waals surface area contributed by atoms with Gasteiger partial charge >= 0.3 is 12.4 Å². The summed E-state index contributed by atoms with van der Waals surface area (Å²) in [6.45, 7) is 0. The summed E-state index contributed by atoms with van der Waals surface area (Å²) in [5.74, 6) is -3.01. The van der Waals surface area contributed by atoms with Crippen LogP contribution in [0.15, 0.2) is 53.5 Å². The molecule has 0 saturated heterocycles. The van der Waals surface area contributed by atoms with Crippen LogP contribution in [0.5, 0.6) is 0 Å². The smallest absolute Gasteiger partial charge is 0.326 e. The van der Waals surface area contributed by atoms with Crippen LogP contribution < -0.4 is 10.6 Å². The molecule has 2 atom stereocenters. The molecule has 0 spiro atoms. The van der Waals surface area contributed by atoms with E-state index in [1.165, 1.54) is 12.1 Å². The molecule has 0 heterocycles. The fourth-order valence-corrected chi connectivity index (χ4v) is 3.31. The maximum atomic E-state index is 13.1. The number of benzene rings is 2. The van der Waals surface area contributed by atoms with Crippen LogP contribution in [-0.2, 0) is 6.18 Å². The zero-order valence-electron chi connectivity index (χ0n) is 16.4. The van der Waals surface area contributed by atoms with Crippen molar-refractivity contribution in [3.05, 3.63) is 65.5 Å². The molecular formula is C21H18F7N3O. The Kier molecular flexibility index (Phi) is 6.75. The number of nitrogens with one attached hydrogen (secondary N) is 2. The average molecular weight is 461 g/mol. The van der Waals surface area contributed by atoms with E-state index in [4.69, 9.17) is 0 Å². The number of guanidine groups is 1. The van der Waals surface area contributed by atoms with Gasteiger partial charge in [0, 0.05) is 11.3 Å². The third-order valence-corrected chi connectivity index (χ3v) is 4.99. The second-order valence-electron chi connectivity index (χ2n) is 7.34. The molecular weight excluding hydrogens is 443 g/mol. The lowest BCUT2D eigenvalue weighted by Gasteiger charge is -2.16. The maximum Gasteiger partial charge on any atom is 0.416 e. The molecule has 1 saturated carbocycles. The van der Waals surface area contributed by atoms with Gasteiger partial charge < -0.3 is 5.32 Å². The van der Waals surface area contributed by atoms with E-state index < -0.39 is 41.6 Å². The zero-order valence-corrected chi connectivity index (χ0v) is 16.4. The molecule has 1 amide bonds. The highest BCUT2D eigenvalue weighted by Crippen LogP contribution is 2.40. The van der Waals surface area contributed by atoms with Crippen molar-refractivity contribution in [2.24, 2.45) is 10.9 Å². The Balaban J connectivity index is 1.80. The number of aliphatic imine (C=N–C) groups is 1. The Morgan fingerprint density at radius 1 is 0.906 bits per heavy atom. The first kappa shape index (κ1) is 23.6. The van der Waals surface area contributed by atoms with Crippen LogP contribution in [-0.4, -0.2) is 24.1 Å². The van der Waals surface area contributed by atoms with Crippen LogP contribution >= 0.6 is 0 Å². The Morgan fingerprint density at radius 2 is 1.53 bits per heavy atom. The number of anilines is 1. The number of amides is 1. The van der Waals surface area contributed by atoms with Gasteiger partial charge in [-0.3, -0.25) is 10.1 Å². The van der Waals surface area contributed by atoms with Gasteiger partial charge in [-0.15, -0.1) is 0 Å². The normalized spacial score (nSPS) is 19.7. The van der Waals surface area contributed by atoms with E-state index in [-0.39, 0.29) is 36.5 Å². The van der Waals surface area contributed by atoms with Gasteiger partial charge in [0.2, 0.25) is 5.96 Å². The highest BCUT2D eigenvalue weighted by molar-refractivity contribution is 6.10. The molecule has 0 aliphatic heterocycles. The van der Waals surface area contributed by atoms with Crippen molar-refractivity contribution in [1.82, 2.24) is 5.32 Å². The van der Waals surface area contributed by atoms with E-state index in [0.717, 1.165) is 36.4 Å². The first-order valence-electron chi connectivity index (χ1n) is 9.57. The van der Waals surface area contributed by atoms with E-state index in [2.05, 4.69) is 15.6 Å². The van der Waals surface area contributed by atoms with Gasteiger partial charge in [0.15, 0.2) is 0 Å². The average Bonchev–Trinajstić information content (AvgIpc) is 3.17. The van der Waals surface area contributed by atoms with E-state index in [1.54, 1.807) is 0 Å². The summed E-state index contributed by atoms with van der Waals surface area (Å²) >= 11 is 0. The lowest BCUT2D eigenvalue weighted by atomic mass is 10.1. The summed E-state index contributed by atoms with van der Waals surface area (Å²) < 4.78 is 90.2. The Hall–Kier alpha value is -3.11. The highest BCUT2D eigenvalue weighted by Gasteiger charge is 2.44. The number of hydrogen-bond acceptors (Lipinski definition) is 2. The van der Waals surface area contributed by atoms with Crippen LogP contribution in [0.1, 0.15) is 35.2 Å². The molecule has 2 aromatic carbocycles. The number of carbonyl (C=O) groups is 1. The second-order valence-corrected chi connectivity index (χ2v) is 7.34. The summed E-state index contributed by atoms with van der Waals surface area (Å²) in [4.78, 5) is 16.6. The van der Waals surface area contributed by atoms with Gasteiger partial charge in [0.05, 0.1) is 17.5 Å². The van der Waals surface area contributed by atoms with Crippen molar-refractivity contribution < 1.29 is 35.5 Å². The molecule has 0 aromatic heterocycles. The van der Waals surface area contributed by atoms with Crippen LogP contribution in [0.4, 0.5) is 36.4 Å². The molecule has 0 radical (unpaired) electrons. The monoisotopic (exact) mass is 461 g/mol. The predicted octanol–water partition coefficient (Wildman–Crippen LogP) is 5.77. The molecule has 172 valence electrons. The van der Waals surface area contributed by atoms with Crippen LogP contribution in [0.3, 0.4) is 0 Å². The minimum absolute atomic E-state index is 0.0629. The van der Waals surface area contributed by atoms with Crippen LogP contribution in [0.25, 0.3) is 0 Å². The van der Waals surface area contributed by atoms with Crippen LogP contribution in [0.2, 0.25) is 0 Å². The van der Waals surface area contributed by atoms with Crippen LogP contribution in [0, 0.1) is 11.7 Å². The van der Waals surface area contributed by atoms with Gasteiger partial charge in [-0.1, -0.05) is 0 Å². The number of nitrogens with zero attached hydrogens (tertiary/aromatic N) is 1. The van der Waals surface area contributed by atoms with Crippen molar-refractivity contribution in [3.8, 4) is 0 Å². The van der Waals surface area contributed by atoms with E-state index >= 15 is 0 Å². The molecule has 2 aromatic rings. The fourth-order valence-electron chi connectivity index (χ4n) is 3.31. The molecule has 1 aliphatic carbocycles. The van der Waals surface area contributed by atoms with E-state index in [1.807, 2.05) is 0 Å². The Labute approximate surface area is 178 Å². The van der Waals surface area contributed by atoms with Gasteiger partial charge in [0.25, 0.3) is 5.91 Å². The summed E-state index contributed by atoms with van der Waals surface area (Å²) in [6.07, 6.45) is -9.15. The number of alkyl halides is 6. The second kappa shape index (κ2) is 9.17. The summed E-state index contributed by atoms with van der Waals surface area (Å²) in [7, 11) is 0. The predicted molar refractivity (Wildman–Crippen MR) is 104 cm³/mol. The number of halogens is 7. The molecule has 4 nitrogen and oxygen atoms in total. The molecule has 3 rings (SSSR count). The molecule has 11 heteroatoms. The van der Waals surface area contributed by atoms with Crippen molar-refractivity contribution >= 4 is 17.6 Å². The number of hydrogen-bond donors (Lipinski definition) is 2. The molecule has 32 heavy (non-hydrogen) atoms. The van der Waals surface area contributed by atoms with Gasteiger partial charge in [-0.25, -0.2) is 9.38 Å². The quantitative estimate of drug-likeness (QED) is 0.346. The minimum atomic E-state index is -4.54. The molecule has 1 aliphatic rings. The minimum Gasteiger partial charge on any atom is -0.326 e. The summed E-state index contributed by atoms with van der Waals surface area (Å²) in [5, 5.41) is 5.05. The maximum absolute atomic E-state index is 13.1. The third-order valence-electron chi connectivity index (χ3n) is 4.99. The standard InChI is InChI=1S/C21H18F7N3O/c22-15-6-1-12(2-7-15)18(32)31-19(30-17-10-5-14(11-17)21(26,27)28)29-16-8-3-13(4-9-16)20(23,24)25/h1-4,6-9,14,17H,5,10-11H2,(H2,29,30,31,32). The first-order valence-corrected chi connectivity index (χ1v) is 9.57.